The molecule has 296 valence electrons. The van der Waals surface area contributed by atoms with E-state index in [1.54, 1.807) is 39.8 Å². The van der Waals surface area contributed by atoms with Crippen molar-refractivity contribution in [3.8, 4) is 0 Å². The average Bonchev–Trinajstić information content (AvgIpc) is 3.07. The van der Waals surface area contributed by atoms with Gasteiger partial charge in [-0.3, -0.25) is 19.2 Å². The summed E-state index contributed by atoms with van der Waals surface area (Å²) in [5.74, 6) is -6.45. The maximum absolute atomic E-state index is 13.1. The van der Waals surface area contributed by atoms with Gasteiger partial charge in [0.05, 0.1) is 0 Å². The van der Waals surface area contributed by atoms with E-state index in [0.717, 1.165) is 5.56 Å². The summed E-state index contributed by atoms with van der Waals surface area (Å²) in [4.78, 5) is 95.8. The van der Waals surface area contributed by atoms with Crippen molar-refractivity contribution >= 4 is 47.7 Å². The molecule has 0 aromatic heterocycles. The largest absolute Gasteiger partial charge is 0.481 e. The molecule has 0 heterocycles. The molecule has 0 saturated carbocycles. The van der Waals surface area contributed by atoms with Gasteiger partial charge >= 0.3 is 30.0 Å². The first-order chi connectivity index (χ1) is 24.7. The number of carboxylic acid groups (broad SMARTS) is 4. The molecule has 4 amide bonds. The lowest BCUT2D eigenvalue weighted by atomic mass is 9.78. The Hall–Kier alpha value is -5.22. The third kappa shape index (κ3) is 17.7. The van der Waals surface area contributed by atoms with Crippen LogP contribution in [0.3, 0.4) is 0 Å². The Kier molecular flexibility index (Phi) is 19.0. The molecule has 0 saturated heterocycles. The van der Waals surface area contributed by atoms with Crippen LogP contribution in [0, 0.1) is 17.8 Å². The van der Waals surface area contributed by atoms with Crippen molar-refractivity contribution in [2.45, 2.75) is 117 Å². The van der Waals surface area contributed by atoms with Crippen molar-refractivity contribution in [3.05, 3.63) is 35.4 Å². The second-order valence-corrected chi connectivity index (χ2v) is 14.2. The van der Waals surface area contributed by atoms with Crippen LogP contribution in [0.5, 0.6) is 0 Å². The van der Waals surface area contributed by atoms with E-state index in [0.29, 0.717) is 31.4 Å². The molecule has 0 aliphatic rings. The van der Waals surface area contributed by atoms with Gasteiger partial charge in [0.15, 0.2) is 0 Å². The number of aliphatic carboxylic acids is 4. The Morgan fingerprint density at radius 2 is 1.15 bits per heavy atom. The number of carboxylic acids is 4. The van der Waals surface area contributed by atoms with Crippen LogP contribution in [0.25, 0.3) is 0 Å². The molecule has 0 bridgehead atoms. The molecule has 17 nitrogen and oxygen atoms in total. The van der Waals surface area contributed by atoms with E-state index in [2.05, 4.69) is 16.0 Å². The van der Waals surface area contributed by atoms with Gasteiger partial charge in [-0.2, -0.15) is 0 Å². The molecule has 0 radical (unpaired) electrons. The highest BCUT2D eigenvalue weighted by Crippen LogP contribution is 2.31. The first-order valence-electron chi connectivity index (χ1n) is 17.5. The molecule has 0 spiro atoms. The molecule has 53 heavy (non-hydrogen) atoms. The van der Waals surface area contributed by atoms with E-state index < -0.39 is 77.7 Å². The molecule has 8 N–H and O–H groups in total. The number of benzene rings is 1. The van der Waals surface area contributed by atoms with Crippen LogP contribution >= 0.6 is 0 Å². The Morgan fingerprint density at radius 3 is 1.68 bits per heavy atom. The Morgan fingerprint density at radius 1 is 0.642 bits per heavy atom. The predicted octanol–water partition coefficient (Wildman–Crippen LogP) is 3.08. The van der Waals surface area contributed by atoms with Gasteiger partial charge < -0.3 is 46.4 Å². The van der Waals surface area contributed by atoms with Gasteiger partial charge in [0.1, 0.15) is 12.1 Å². The van der Waals surface area contributed by atoms with Crippen molar-refractivity contribution in [1.29, 1.82) is 0 Å². The number of hydrogen-bond acceptors (Lipinski definition) is 9. The first-order valence-corrected chi connectivity index (χ1v) is 17.5. The fraction of sp³-hybridized carbons (Fsp3) is 0.611. The third-order valence-corrected chi connectivity index (χ3v) is 8.67. The SMILES string of the molecule is Cc1ccc(C(=O)NCCCCC(NC(=O)C(C)(C)CCC(C)(C)C(=O)NCCCC[C@H](OC(=O)NC(CCC(=O)O)C(=O)O)C(=O)O)C(=O)O)cc1. The van der Waals surface area contributed by atoms with Crippen molar-refractivity contribution < 1.29 is 63.5 Å². The summed E-state index contributed by atoms with van der Waals surface area (Å²) in [7, 11) is 0. The average molecular weight is 751 g/mol. The molecule has 0 aliphatic heterocycles. The first kappa shape index (κ1) is 45.8. The zero-order valence-corrected chi connectivity index (χ0v) is 31.0. The Balaban J connectivity index is 2.50. The number of unbranched alkanes of at least 4 members (excludes halogenated alkanes) is 2. The second kappa shape index (κ2) is 22.0. The Bertz CT molecular complexity index is 1440. The maximum atomic E-state index is 13.1. The van der Waals surface area contributed by atoms with E-state index in [4.69, 9.17) is 14.9 Å². The number of hydrogen-bond donors (Lipinski definition) is 8. The summed E-state index contributed by atoms with van der Waals surface area (Å²) >= 11 is 0. The Labute approximate surface area is 308 Å². The number of alkyl carbamates (subject to hydrolysis) is 1. The quantitative estimate of drug-likeness (QED) is 0.0668. The van der Waals surface area contributed by atoms with Gasteiger partial charge in [-0.15, -0.1) is 0 Å². The summed E-state index contributed by atoms with van der Waals surface area (Å²) in [5, 5.41) is 47.1. The minimum Gasteiger partial charge on any atom is -0.481 e. The minimum absolute atomic E-state index is 0.139. The van der Waals surface area contributed by atoms with Crippen LogP contribution in [-0.4, -0.2) is 99.4 Å². The van der Waals surface area contributed by atoms with Crippen LogP contribution in [-0.2, 0) is 33.5 Å². The highest BCUT2D eigenvalue weighted by molar-refractivity contribution is 5.94. The number of carbonyl (C=O) groups excluding carboxylic acids is 4. The summed E-state index contributed by atoms with van der Waals surface area (Å²) in [5.41, 5.74) is -0.363. The lowest BCUT2D eigenvalue weighted by molar-refractivity contribution is -0.147. The van der Waals surface area contributed by atoms with Crippen molar-refractivity contribution in [2.24, 2.45) is 10.8 Å². The smallest absolute Gasteiger partial charge is 0.408 e. The fourth-order valence-electron chi connectivity index (χ4n) is 4.90. The predicted molar refractivity (Wildman–Crippen MR) is 190 cm³/mol. The summed E-state index contributed by atoms with van der Waals surface area (Å²) in [6, 6.07) is 4.41. The van der Waals surface area contributed by atoms with Crippen molar-refractivity contribution in [2.75, 3.05) is 13.1 Å². The van der Waals surface area contributed by atoms with E-state index in [1.807, 2.05) is 24.4 Å². The van der Waals surface area contributed by atoms with Gasteiger partial charge in [0.2, 0.25) is 17.9 Å². The third-order valence-electron chi connectivity index (χ3n) is 8.67. The fourth-order valence-corrected chi connectivity index (χ4v) is 4.90. The number of ether oxygens (including phenoxy) is 1. The summed E-state index contributed by atoms with van der Waals surface area (Å²) < 4.78 is 4.83. The molecule has 1 aromatic rings. The monoisotopic (exact) mass is 750 g/mol. The van der Waals surface area contributed by atoms with Crippen LogP contribution in [0.4, 0.5) is 4.79 Å². The minimum atomic E-state index is -1.61. The normalized spacial score (nSPS) is 13.1. The molecule has 3 atom stereocenters. The molecule has 17 heteroatoms. The molecular weight excluding hydrogens is 696 g/mol. The van der Waals surface area contributed by atoms with Crippen LogP contribution in [0.2, 0.25) is 0 Å². The lowest BCUT2D eigenvalue weighted by Crippen LogP contribution is -2.47. The van der Waals surface area contributed by atoms with E-state index in [9.17, 15) is 48.6 Å². The molecule has 0 aliphatic carbocycles. The standard InChI is InChI=1S/C36H54N4O13/c1-22-12-14-23(15-13-22)28(43)37-20-8-6-10-24(29(44)45)39-33(51)36(4,5)19-18-35(2,3)32(50)38-21-9-7-11-26(31(48)49)53-34(52)40-25(30(46)47)16-17-27(41)42/h12-15,24-26H,6-11,16-21H2,1-5H3,(H,37,43)(H,38,50)(H,39,51)(H,40,52)(H,41,42)(H,44,45)(H,46,47)(H,48,49)/t24?,25?,26-/m0/s1. The number of carbonyl (C=O) groups is 8. The lowest BCUT2D eigenvalue weighted by Gasteiger charge is -2.30. The number of aryl methyl sites for hydroxylation is 1. The molecule has 1 aromatic carbocycles. The van der Waals surface area contributed by atoms with E-state index in [-0.39, 0.29) is 50.5 Å². The molecule has 1 rings (SSSR count). The summed E-state index contributed by atoms with van der Waals surface area (Å²) in [6.07, 6.45) is -1.84. The van der Waals surface area contributed by atoms with Crippen LogP contribution in [0.1, 0.15) is 108 Å². The second-order valence-electron chi connectivity index (χ2n) is 14.2. The van der Waals surface area contributed by atoms with Gasteiger partial charge in [-0.25, -0.2) is 19.2 Å². The molecule has 0 fully saturated rings. The highest BCUT2D eigenvalue weighted by Gasteiger charge is 2.35. The topological polar surface area (TPSA) is 275 Å². The molecular formula is C36H54N4O13. The molecule has 2 unspecified atom stereocenters. The van der Waals surface area contributed by atoms with Crippen molar-refractivity contribution in [3.63, 3.8) is 0 Å². The van der Waals surface area contributed by atoms with Gasteiger partial charge in [-0.05, 0) is 76.8 Å². The highest BCUT2D eigenvalue weighted by atomic mass is 16.6. The maximum Gasteiger partial charge on any atom is 0.408 e. The van der Waals surface area contributed by atoms with Gasteiger partial charge in [0, 0.05) is 35.9 Å². The number of rotatable bonds is 25. The summed E-state index contributed by atoms with van der Waals surface area (Å²) in [6.45, 7) is 9.15. The van der Waals surface area contributed by atoms with Gasteiger partial charge in [-0.1, -0.05) is 45.4 Å². The zero-order chi connectivity index (χ0) is 40.4. The number of nitrogens with one attached hydrogen (secondary N) is 4. The zero-order valence-electron chi connectivity index (χ0n) is 31.0. The number of amides is 4. The van der Waals surface area contributed by atoms with Crippen molar-refractivity contribution in [1.82, 2.24) is 21.3 Å². The van der Waals surface area contributed by atoms with Crippen LogP contribution in [0.15, 0.2) is 24.3 Å². The van der Waals surface area contributed by atoms with Gasteiger partial charge in [0.25, 0.3) is 5.91 Å². The van der Waals surface area contributed by atoms with E-state index >= 15 is 0 Å². The van der Waals surface area contributed by atoms with E-state index in [1.165, 1.54) is 0 Å². The van der Waals surface area contributed by atoms with Crippen LogP contribution < -0.4 is 21.3 Å².